The van der Waals surface area contributed by atoms with Crippen molar-refractivity contribution in [3.63, 3.8) is 0 Å². The van der Waals surface area contributed by atoms with Crippen molar-refractivity contribution in [2.75, 3.05) is 18.4 Å². The van der Waals surface area contributed by atoms with Gasteiger partial charge in [-0.25, -0.2) is 9.97 Å². The van der Waals surface area contributed by atoms with Gasteiger partial charge in [0.2, 0.25) is 5.95 Å². The van der Waals surface area contributed by atoms with E-state index < -0.39 is 11.9 Å². The first-order chi connectivity index (χ1) is 8.97. The van der Waals surface area contributed by atoms with Crippen LogP contribution in [-0.4, -0.2) is 29.1 Å². The predicted octanol–water partition coefficient (Wildman–Crippen LogP) is 2.30. The lowest BCUT2D eigenvalue weighted by atomic mass is 9.93. The molecule has 0 saturated carbocycles. The summed E-state index contributed by atoms with van der Waals surface area (Å²) in [6, 6.07) is 0.911. The first-order valence-electron chi connectivity index (χ1n) is 6.34. The van der Waals surface area contributed by atoms with Crippen LogP contribution in [0.3, 0.4) is 0 Å². The molecule has 7 heteroatoms. The van der Waals surface area contributed by atoms with Gasteiger partial charge in [-0.3, -0.25) is 0 Å². The molecule has 2 unspecified atom stereocenters. The molecule has 4 nitrogen and oxygen atoms in total. The molecule has 0 aliphatic carbocycles. The van der Waals surface area contributed by atoms with Crippen molar-refractivity contribution in [2.24, 2.45) is 5.92 Å². The van der Waals surface area contributed by atoms with Crippen molar-refractivity contribution in [3.8, 4) is 0 Å². The minimum atomic E-state index is -4.44. The molecule has 2 atom stereocenters. The van der Waals surface area contributed by atoms with Gasteiger partial charge in [0, 0.05) is 12.2 Å². The number of piperidine rings is 1. The van der Waals surface area contributed by atoms with Gasteiger partial charge in [0.25, 0.3) is 0 Å². The number of anilines is 1. The summed E-state index contributed by atoms with van der Waals surface area (Å²) in [4.78, 5) is 7.36. The molecule has 0 aromatic carbocycles. The zero-order valence-corrected chi connectivity index (χ0v) is 10.7. The Morgan fingerprint density at radius 1 is 1.47 bits per heavy atom. The highest BCUT2D eigenvalue weighted by Crippen LogP contribution is 2.27. The average molecular weight is 274 g/mol. The van der Waals surface area contributed by atoms with Crippen LogP contribution in [0.1, 0.15) is 25.5 Å². The van der Waals surface area contributed by atoms with E-state index in [0.717, 1.165) is 38.2 Å². The number of halogens is 3. The summed E-state index contributed by atoms with van der Waals surface area (Å²) in [5.74, 6) is 0.416. The molecule has 0 radical (unpaired) electrons. The second-order valence-corrected chi connectivity index (χ2v) is 4.80. The molecule has 2 rings (SSSR count). The van der Waals surface area contributed by atoms with Gasteiger partial charge in [-0.2, -0.15) is 13.2 Å². The van der Waals surface area contributed by atoms with Crippen LogP contribution in [0.5, 0.6) is 0 Å². The van der Waals surface area contributed by atoms with Crippen LogP contribution < -0.4 is 10.6 Å². The van der Waals surface area contributed by atoms with Crippen molar-refractivity contribution >= 4 is 5.95 Å². The van der Waals surface area contributed by atoms with Crippen LogP contribution in [0.15, 0.2) is 12.3 Å². The maximum Gasteiger partial charge on any atom is 0.433 e. The molecule has 1 aliphatic rings. The van der Waals surface area contributed by atoms with E-state index in [-0.39, 0.29) is 12.0 Å². The molecule has 2 heterocycles. The van der Waals surface area contributed by atoms with Crippen molar-refractivity contribution in [1.29, 1.82) is 0 Å². The van der Waals surface area contributed by atoms with Gasteiger partial charge < -0.3 is 10.6 Å². The zero-order chi connectivity index (χ0) is 13.9. The molecule has 1 aromatic heterocycles. The molecule has 1 fully saturated rings. The lowest BCUT2D eigenvalue weighted by Gasteiger charge is -2.28. The lowest BCUT2D eigenvalue weighted by Crippen LogP contribution is -2.39. The molecular formula is C12H17F3N4. The van der Waals surface area contributed by atoms with Gasteiger partial charge in [0.15, 0.2) is 0 Å². The molecule has 1 aromatic rings. The van der Waals surface area contributed by atoms with E-state index in [2.05, 4.69) is 20.6 Å². The quantitative estimate of drug-likeness (QED) is 0.888. The van der Waals surface area contributed by atoms with Gasteiger partial charge in [0.1, 0.15) is 5.69 Å². The number of alkyl halides is 3. The molecule has 1 aliphatic heterocycles. The smallest absolute Gasteiger partial charge is 0.351 e. The number of nitrogens with one attached hydrogen (secondary N) is 2. The Bertz CT molecular complexity index is 416. The number of hydrogen-bond acceptors (Lipinski definition) is 4. The van der Waals surface area contributed by atoms with Crippen LogP contribution in [0.25, 0.3) is 0 Å². The van der Waals surface area contributed by atoms with Crippen molar-refractivity contribution in [1.82, 2.24) is 15.3 Å². The molecule has 2 N–H and O–H groups in total. The van der Waals surface area contributed by atoms with Gasteiger partial charge >= 0.3 is 6.18 Å². The largest absolute Gasteiger partial charge is 0.433 e. The van der Waals surface area contributed by atoms with E-state index in [1.165, 1.54) is 0 Å². The molecule has 0 amide bonds. The molecule has 106 valence electrons. The summed E-state index contributed by atoms with van der Waals surface area (Å²) < 4.78 is 37.6. The number of aromatic nitrogens is 2. The van der Waals surface area contributed by atoms with Gasteiger partial charge in [-0.1, -0.05) is 0 Å². The first-order valence-corrected chi connectivity index (χ1v) is 6.34. The molecular weight excluding hydrogens is 257 g/mol. The summed E-state index contributed by atoms with van der Waals surface area (Å²) in [5.41, 5.74) is -0.918. The van der Waals surface area contributed by atoms with E-state index >= 15 is 0 Å². The Morgan fingerprint density at radius 3 is 2.89 bits per heavy atom. The molecule has 0 spiro atoms. The second-order valence-electron chi connectivity index (χ2n) is 4.80. The molecule has 1 saturated heterocycles. The number of nitrogens with zero attached hydrogens (tertiary/aromatic N) is 2. The summed E-state index contributed by atoms with van der Waals surface area (Å²) in [7, 11) is 0. The summed E-state index contributed by atoms with van der Waals surface area (Å²) >= 11 is 0. The van der Waals surface area contributed by atoms with E-state index in [1.54, 1.807) is 0 Å². The van der Waals surface area contributed by atoms with E-state index in [1.807, 2.05) is 6.92 Å². The Morgan fingerprint density at radius 2 is 2.26 bits per heavy atom. The van der Waals surface area contributed by atoms with Crippen LogP contribution in [0, 0.1) is 5.92 Å². The minimum absolute atomic E-state index is 0.0351. The average Bonchev–Trinajstić information content (AvgIpc) is 2.39. The van der Waals surface area contributed by atoms with Gasteiger partial charge in [-0.15, -0.1) is 0 Å². The number of rotatable bonds is 3. The monoisotopic (exact) mass is 274 g/mol. The van der Waals surface area contributed by atoms with Crippen LogP contribution >= 0.6 is 0 Å². The van der Waals surface area contributed by atoms with Crippen LogP contribution in [-0.2, 0) is 6.18 Å². The SMILES string of the molecule is CC(Nc1nccc(C(F)(F)F)n1)C1CCCNC1. The van der Waals surface area contributed by atoms with Crippen LogP contribution in [0.2, 0.25) is 0 Å². The maximum absolute atomic E-state index is 12.5. The first kappa shape index (κ1) is 14.0. The van der Waals surface area contributed by atoms with Gasteiger partial charge in [-0.05, 0) is 44.8 Å². The standard InChI is InChI=1S/C12H17F3N4/c1-8(9-3-2-5-16-7-9)18-11-17-6-4-10(19-11)12(13,14)15/h4,6,8-9,16H,2-3,5,7H2,1H3,(H,17,18,19). The fourth-order valence-electron chi connectivity index (χ4n) is 2.21. The Kier molecular flexibility index (Phi) is 4.24. The van der Waals surface area contributed by atoms with E-state index in [9.17, 15) is 13.2 Å². The van der Waals surface area contributed by atoms with E-state index in [4.69, 9.17) is 0 Å². The third-order valence-corrected chi connectivity index (χ3v) is 3.34. The number of hydrogen-bond donors (Lipinski definition) is 2. The highest BCUT2D eigenvalue weighted by atomic mass is 19.4. The lowest BCUT2D eigenvalue weighted by molar-refractivity contribution is -0.141. The second kappa shape index (κ2) is 5.73. The minimum Gasteiger partial charge on any atom is -0.351 e. The van der Waals surface area contributed by atoms with Gasteiger partial charge in [0.05, 0.1) is 0 Å². The summed E-state index contributed by atoms with van der Waals surface area (Å²) in [6.45, 7) is 3.82. The zero-order valence-electron chi connectivity index (χ0n) is 10.7. The van der Waals surface area contributed by atoms with Crippen molar-refractivity contribution in [3.05, 3.63) is 18.0 Å². The Hall–Kier alpha value is -1.37. The maximum atomic E-state index is 12.5. The van der Waals surface area contributed by atoms with Crippen LogP contribution in [0.4, 0.5) is 19.1 Å². The third kappa shape index (κ3) is 3.79. The predicted molar refractivity (Wildman–Crippen MR) is 65.7 cm³/mol. The summed E-state index contributed by atoms with van der Waals surface area (Å²) in [5, 5.41) is 6.24. The van der Waals surface area contributed by atoms with Crippen molar-refractivity contribution < 1.29 is 13.2 Å². The highest BCUT2D eigenvalue weighted by Gasteiger charge is 2.33. The Balaban J connectivity index is 2.02. The Labute approximate surface area is 109 Å². The van der Waals surface area contributed by atoms with Crippen molar-refractivity contribution in [2.45, 2.75) is 32.0 Å². The normalized spacial score (nSPS) is 22.0. The fraction of sp³-hybridized carbons (Fsp3) is 0.667. The fourth-order valence-corrected chi connectivity index (χ4v) is 2.21. The topological polar surface area (TPSA) is 49.8 Å². The molecule has 19 heavy (non-hydrogen) atoms. The third-order valence-electron chi connectivity index (χ3n) is 3.34. The summed E-state index contributed by atoms with van der Waals surface area (Å²) in [6.07, 6.45) is -1.17. The molecule has 0 bridgehead atoms. The van der Waals surface area contributed by atoms with E-state index in [0.29, 0.717) is 5.92 Å². The highest BCUT2D eigenvalue weighted by molar-refractivity contribution is 5.27.